The summed E-state index contributed by atoms with van der Waals surface area (Å²) in [7, 11) is -3.82. The highest BCUT2D eigenvalue weighted by atomic mass is 32.2. The minimum Gasteiger partial charge on any atom is -0.603 e. The first kappa shape index (κ1) is 27.5. The van der Waals surface area contributed by atoms with Crippen molar-refractivity contribution in [1.29, 1.82) is 0 Å². The summed E-state index contributed by atoms with van der Waals surface area (Å²) in [5.41, 5.74) is 0. The van der Waals surface area contributed by atoms with E-state index in [1.807, 2.05) is 13.8 Å². The van der Waals surface area contributed by atoms with Crippen LogP contribution in [0.5, 0.6) is 0 Å². The zero-order chi connectivity index (χ0) is 21.2. The number of hydrogen-bond donors (Lipinski definition) is 0. The number of rotatable bonds is 18. The van der Waals surface area contributed by atoms with Crippen LogP contribution in [0.1, 0.15) is 65.2 Å². The van der Waals surface area contributed by atoms with Gasteiger partial charge in [0.2, 0.25) is 26.6 Å². The molecule has 0 aliphatic carbocycles. The van der Waals surface area contributed by atoms with E-state index in [1.54, 1.807) is 11.8 Å². The van der Waals surface area contributed by atoms with Crippen LogP contribution in [-0.2, 0) is 18.5 Å². The fraction of sp³-hybridized carbons (Fsp3) is 0.900. The van der Waals surface area contributed by atoms with E-state index in [2.05, 4.69) is 0 Å². The first-order valence-electron chi connectivity index (χ1n) is 10.9. The molecule has 0 bridgehead atoms. The van der Waals surface area contributed by atoms with E-state index in [0.29, 0.717) is 35.3 Å². The van der Waals surface area contributed by atoms with E-state index in [0.717, 1.165) is 77.8 Å². The SMILES string of the molecule is CCOCCCCCCO[P+]([O-])=C1CSCC1=[P+]([O-])OCCCCCCOCC. The van der Waals surface area contributed by atoms with Crippen LogP contribution in [0.3, 0.4) is 0 Å². The third kappa shape index (κ3) is 13.5. The van der Waals surface area contributed by atoms with Gasteiger partial charge in [-0.2, -0.15) is 9.05 Å². The second-order valence-electron chi connectivity index (χ2n) is 6.79. The van der Waals surface area contributed by atoms with Crippen molar-refractivity contribution in [3.8, 4) is 0 Å². The van der Waals surface area contributed by atoms with Gasteiger partial charge in [-0.1, -0.05) is 25.7 Å². The van der Waals surface area contributed by atoms with Crippen molar-refractivity contribution in [2.24, 2.45) is 0 Å². The Bertz CT molecular complexity index is 446. The average molecular weight is 469 g/mol. The molecule has 0 radical (unpaired) electrons. The van der Waals surface area contributed by atoms with Crippen LogP contribution in [0.4, 0.5) is 0 Å². The Morgan fingerprint density at radius 1 is 0.655 bits per heavy atom. The lowest BCUT2D eigenvalue weighted by molar-refractivity contribution is -0.173. The smallest absolute Gasteiger partial charge is 0.229 e. The van der Waals surface area contributed by atoms with Gasteiger partial charge in [0, 0.05) is 26.4 Å². The summed E-state index contributed by atoms with van der Waals surface area (Å²) in [5.74, 6) is 1.25. The molecule has 1 heterocycles. The summed E-state index contributed by atoms with van der Waals surface area (Å²) in [4.78, 5) is 24.9. The summed E-state index contributed by atoms with van der Waals surface area (Å²) in [5, 5.41) is 1.39. The van der Waals surface area contributed by atoms with E-state index >= 15 is 0 Å². The summed E-state index contributed by atoms with van der Waals surface area (Å²) in [6, 6.07) is 0. The third-order valence-corrected chi connectivity index (χ3v) is 8.60. The molecular formula is C20H38O6P2S. The van der Waals surface area contributed by atoms with Gasteiger partial charge in [-0.3, -0.25) is 0 Å². The van der Waals surface area contributed by atoms with Crippen LogP contribution in [0, 0.1) is 0 Å². The lowest BCUT2D eigenvalue weighted by atomic mass is 10.2. The molecule has 0 aromatic rings. The lowest BCUT2D eigenvalue weighted by Crippen LogP contribution is -2.17. The Morgan fingerprint density at radius 2 is 1.03 bits per heavy atom. The second-order valence-corrected chi connectivity index (χ2v) is 10.4. The van der Waals surface area contributed by atoms with Gasteiger partial charge in [-0.15, -0.1) is 11.8 Å². The number of thioether (sulfide) groups is 1. The number of ether oxygens (including phenoxy) is 2. The predicted octanol–water partition coefficient (Wildman–Crippen LogP) is 3.65. The molecule has 0 aromatic carbocycles. The van der Waals surface area contributed by atoms with E-state index in [9.17, 15) is 9.79 Å². The summed E-state index contributed by atoms with van der Waals surface area (Å²) in [6.07, 6.45) is 8.14. The highest BCUT2D eigenvalue weighted by Gasteiger charge is 2.32. The molecule has 0 N–H and O–H groups in total. The largest absolute Gasteiger partial charge is 0.603 e. The Morgan fingerprint density at radius 3 is 1.41 bits per heavy atom. The Balaban J connectivity index is 2.26. The van der Waals surface area contributed by atoms with Gasteiger partial charge >= 0.3 is 0 Å². The average Bonchev–Trinajstić information content (AvgIpc) is 3.22. The Hall–Kier alpha value is 0.450. The van der Waals surface area contributed by atoms with Gasteiger partial charge in [-0.05, 0) is 39.5 Å². The first-order chi connectivity index (χ1) is 14.2. The normalized spacial score (nSPS) is 17.8. The monoisotopic (exact) mass is 468 g/mol. The van der Waals surface area contributed by atoms with Gasteiger partial charge in [-0.25, -0.2) is 0 Å². The standard InChI is InChI=1S/C20H38O6P2S/c1-3-23-13-9-5-7-11-15-25-27(21)19-17-29-18-20(19)28(22)26-16-12-8-6-10-14-24-4-2/h3-18H2,1-2H3. The molecule has 1 rings (SSSR count). The van der Waals surface area contributed by atoms with Crippen molar-refractivity contribution in [3.05, 3.63) is 0 Å². The molecule has 1 fully saturated rings. The number of hydrogen-bond acceptors (Lipinski definition) is 7. The molecule has 29 heavy (non-hydrogen) atoms. The van der Waals surface area contributed by atoms with Crippen molar-refractivity contribution < 1.29 is 28.3 Å². The van der Waals surface area contributed by atoms with Gasteiger partial charge in [0.05, 0.1) is 24.7 Å². The molecule has 0 amide bonds. The molecule has 6 nitrogen and oxygen atoms in total. The van der Waals surface area contributed by atoms with Crippen LogP contribution in [0.2, 0.25) is 0 Å². The topological polar surface area (TPSA) is 83.0 Å². The molecular weight excluding hydrogens is 430 g/mol. The third-order valence-electron chi connectivity index (χ3n) is 4.44. The maximum Gasteiger partial charge on any atom is 0.229 e. The van der Waals surface area contributed by atoms with Crippen LogP contribution < -0.4 is 9.79 Å². The van der Waals surface area contributed by atoms with Crippen LogP contribution >= 0.6 is 27.8 Å². The molecule has 1 aliphatic rings. The Labute approximate surface area is 183 Å². The van der Waals surface area contributed by atoms with Gasteiger partial charge in [0.15, 0.2) is 0 Å². The van der Waals surface area contributed by atoms with Gasteiger partial charge in [0.1, 0.15) is 0 Å². The van der Waals surface area contributed by atoms with E-state index < -0.39 is 16.0 Å². The molecule has 0 spiro atoms. The van der Waals surface area contributed by atoms with Crippen LogP contribution in [0.25, 0.3) is 0 Å². The summed E-state index contributed by atoms with van der Waals surface area (Å²) < 4.78 is 21.7. The van der Waals surface area contributed by atoms with E-state index in [-0.39, 0.29) is 0 Å². The number of unbranched alkanes of at least 4 members (excludes halogenated alkanes) is 6. The maximum atomic E-state index is 12.5. The summed E-state index contributed by atoms with van der Waals surface area (Å²) >= 11 is 1.63. The molecule has 170 valence electrons. The summed E-state index contributed by atoms with van der Waals surface area (Å²) in [6.45, 7) is 8.09. The van der Waals surface area contributed by atoms with Crippen molar-refractivity contribution in [1.82, 2.24) is 0 Å². The van der Waals surface area contributed by atoms with Crippen molar-refractivity contribution in [3.63, 3.8) is 0 Å². The van der Waals surface area contributed by atoms with E-state index in [1.165, 1.54) is 0 Å². The van der Waals surface area contributed by atoms with Crippen molar-refractivity contribution in [2.75, 3.05) is 51.1 Å². The molecule has 2 unspecified atom stereocenters. The van der Waals surface area contributed by atoms with Crippen molar-refractivity contribution >= 4 is 38.3 Å². The van der Waals surface area contributed by atoms with Gasteiger partial charge < -0.3 is 19.3 Å². The van der Waals surface area contributed by atoms with Gasteiger partial charge in [0.25, 0.3) is 0 Å². The fourth-order valence-electron chi connectivity index (χ4n) is 2.79. The highest BCUT2D eigenvalue weighted by Crippen LogP contribution is 2.32. The quantitative estimate of drug-likeness (QED) is 0.224. The zero-order valence-electron chi connectivity index (χ0n) is 18.1. The second kappa shape index (κ2) is 19.2. The minimum atomic E-state index is -1.91. The zero-order valence-corrected chi connectivity index (χ0v) is 20.7. The first-order valence-corrected chi connectivity index (χ1v) is 14.4. The molecule has 0 saturated carbocycles. The van der Waals surface area contributed by atoms with Crippen LogP contribution in [-0.4, -0.2) is 61.7 Å². The fourth-order valence-corrected chi connectivity index (χ4v) is 7.20. The van der Waals surface area contributed by atoms with E-state index in [4.69, 9.17) is 18.5 Å². The molecule has 9 heteroatoms. The molecule has 2 atom stereocenters. The minimum absolute atomic E-state index is 0.477. The maximum absolute atomic E-state index is 12.5. The highest BCUT2D eigenvalue weighted by molar-refractivity contribution is 8.03. The predicted molar refractivity (Wildman–Crippen MR) is 123 cm³/mol. The van der Waals surface area contributed by atoms with Crippen LogP contribution in [0.15, 0.2) is 0 Å². The van der Waals surface area contributed by atoms with Crippen molar-refractivity contribution in [2.45, 2.75) is 65.2 Å². The molecule has 1 aliphatic heterocycles. The molecule has 0 aromatic heterocycles. The molecule has 1 saturated heterocycles. The Kier molecular flexibility index (Phi) is 18.2. The lowest BCUT2D eigenvalue weighted by Gasteiger charge is -2.05.